The topological polar surface area (TPSA) is 51.4 Å². The van der Waals surface area contributed by atoms with Crippen molar-refractivity contribution in [3.8, 4) is 73.0 Å². The van der Waals surface area contributed by atoms with Crippen molar-refractivity contribution < 1.29 is 25.8 Å². The molecule has 0 saturated heterocycles. The number of aryl methyl sites for hydroxylation is 3. The molecule has 7 nitrogen and oxygen atoms in total. The van der Waals surface area contributed by atoms with Gasteiger partial charge in [-0.1, -0.05) is 203 Å². The summed E-state index contributed by atoms with van der Waals surface area (Å²) in [5.74, 6) is 3.64. The fourth-order valence-corrected chi connectivity index (χ4v) is 13.2. The number of ether oxygens (including phenoxy) is 1. The van der Waals surface area contributed by atoms with Gasteiger partial charge in [-0.25, -0.2) is 9.97 Å². The Kier molecular flexibility index (Phi) is 14.4. The number of anilines is 4. The van der Waals surface area contributed by atoms with Gasteiger partial charge in [0.1, 0.15) is 11.6 Å². The van der Waals surface area contributed by atoms with Gasteiger partial charge >= 0.3 is 0 Å². The van der Waals surface area contributed by atoms with E-state index in [-0.39, 0.29) is 32.9 Å². The maximum Gasteiger partial charge on any atom is 0.135 e. The van der Waals surface area contributed by atoms with E-state index in [4.69, 9.17) is 14.7 Å². The summed E-state index contributed by atoms with van der Waals surface area (Å²) < 4.78 is 11.9. The molecule has 0 atom stereocenters. The number of pyridine rings is 1. The molecule has 2 aliphatic heterocycles. The largest absolute Gasteiger partial charge is 0.509 e. The third kappa shape index (κ3) is 9.69. The molecule has 0 bridgehead atoms. The number of fused-ring (bicyclic) bond motifs is 7. The van der Waals surface area contributed by atoms with E-state index < -0.39 is 0 Å². The van der Waals surface area contributed by atoms with Crippen LogP contribution in [0.25, 0.3) is 94.3 Å². The summed E-state index contributed by atoms with van der Waals surface area (Å²) in [6.07, 6.45) is 5.25. The summed E-state index contributed by atoms with van der Waals surface area (Å²) in [6, 6.07) is 86.1. The van der Waals surface area contributed by atoms with Gasteiger partial charge in [0.05, 0.1) is 11.0 Å². The molecule has 5 heterocycles. The van der Waals surface area contributed by atoms with E-state index in [0.29, 0.717) is 11.5 Å². The van der Waals surface area contributed by atoms with Crippen molar-refractivity contribution in [2.45, 2.75) is 72.3 Å². The standard InChI is InChI=1S/C78H63N6O.Pt/c1-50(2)62-28-19-29-63(51(3)4)77(62)58-42-59(82-49-83(74-47-72-69(46-73(74)82)80-75-33-17-18-40-81(72)75)78-64(55-23-11-7-12-24-55)30-20-31-65(78)56-25-13-8-14-26-56)44-61(43-58)85-60-38-39-67-66-27-15-16-32-70(66)84(71(67)45-60)76-41-52(5)68(48-79-76)57-36-34-54(35-37-57)53-21-9-6-10-22-53;/h6-16,19-32,34-39,41-43,46-51H,17-18,33,40H2,1-5H3;/q-3;. The smallest absolute Gasteiger partial charge is 0.135 e. The third-order valence-corrected chi connectivity index (χ3v) is 17.3. The van der Waals surface area contributed by atoms with Crippen LogP contribution in [-0.4, -0.2) is 19.1 Å². The molecule has 0 spiro atoms. The summed E-state index contributed by atoms with van der Waals surface area (Å²) in [4.78, 5) is 15.3. The Morgan fingerprint density at radius 3 is 1.81 bits per heavy atom. The van der Waals surface area contributed by atoms with E-state index in [1.807, 2.05) is 12.3 Å². The Labute approximate surface area is 518 Å². The second kappa shape index (κ2) is 22.6. The second-order valence-corrected chi connectivity index (χ2v) is 23.3. The number of para-hydroxylation sites is 2. The number of imidazole rings is 1. The van der Waals surface area contributed by atoms with Crippen LogP contribution in [0.4, 0.5) is 22.7 Å². The molecular weight excluding hydrogens is 1230 g/mol. The molecule has 0 aliphatic carbocycles. The van der Waals surface area contributed by atoms with Crippen molar-refractivity contribution in [1.82, 2.24) is 19.1 Å². The van der Waals surface area contributed by atoms with Crippen molar-refractivity contribution in [3.63, 3.8) is 0 Å². The van der Waals surface area contributed by atoms with Crippen LogP contribution < -0.4 is 14.5 Å². The molecule has 0 amide bonds. The molecule has 15 rings (SSSR count). The summed E-state index contributed by atoms with van der Waals surface area (Å²) in [6.45, 7) is 14.6. The zero-order valence-corrected chi connectivity index (χ0v) is 51.1. The van der Waals surface area contributed by atoms with Crippen molar-refractivity contribution in [2.75, 3.05) is 9.80 Å². The summed E-state index contributed by atoms with van der Waals surface area (Å²) >= 11 is 0. The van der Waals surface area contributed by atoms with Gasteiger partial charge in [0.25, 0.3) is 0 Å². The van der Waals surface area contributed by atoms with Crippen molar-refractivity contribution in [1.29, 1.82) is 0 Å². The number of nitrogens with zero attached hydrogens (tertiary/aromatic N) is 6. The van der Waals surface area contributed by atoms with E-state index in [9.17, 15) is 0 Å². The van der Waals surface area contributed by atoms with Gasteiger partial charge in [0.15, 0.2) is 0 Å². The molecule has 424 valence electrons. The first-order valence-corrected chi connectivity index (χ1v) is 29.9. The van der Waals surface area contributed by atoms with Gasteiger partial charge < -0.3 is 23.7 Å². The Balaban J connectivity index is 0.00000653. The van der Waals surface area contributed by atoms with Gasteiger partial charge in [-0.05, 0) is 111 Å². The van der Waals surface area contributed by atoms with Gasteiger partial charge in [-0.3, -0.25) is 0 Å². The maximum absolute atomic E-state index is 7.24. The average Bonchev–Trinajstić information content (AvgIpc) is 2.09. The van der Waals surface area contributed by atoms with Crippen LogP contribution in [-0.2, 0) is 34.0 Å². The maximum atomic E-state index is 7.24. The van der Waals surface area contributed by atoms with E-state index >= 15 is 0 Å². The van der Waals surface area contributed by atoms with Crippen LogP contribution in [0, 0.1) is 25.7 Å². The number of hydrogen-bond donors (Lipinski definition) is 0. The van der Waals surface area contributed by atoms with Crippen LogP contribution in [0.15, 0.2) is 225 Å². The monoisotopic (exact) mass is 1290 g/mol. The number of benzene rings is 10. The van der Waals surface area contributed by atoms with Crippen LogP contribution >= 0.6 is 0 Å². The Bertz CT molecular complexity index is 4600. The van der Waals surface area contributed by atoms with Crippen molar-refractivity contribution >= 4 is 55.6 Å². The number of aromatic nitrogens is 4. The first kappa shape index (κ1) is 54.6. The molecule has 0 saturated carbocycles. The van der Waals surface area contributed by atoms with Crippen LogP contribution in [0.1, 0.15) is 74.9 Å². The Morgan fingerprint density at radius 1 is 0.512 bits per heavy atom. The second-order valence-electron chi connectivity index (χ2n) is 23.3. The third-order valence-electron chi connectivity index (χ3n) is 17.3. The van der Waals surface area contributed by atoms with Crippen LogP contribution in [0.3, 0.4) is 0 Å². The zero-order chi connectivity index (χ0) is 57.3. The normalized spacial score (nSPS) is 13.0. The van der Waals surface area contributed by atoms with Crippen LogP contribution in [0.2, 0.25) is 0 Å². The summed E-state index contributed by atoms with van der Waals surface area (Å²) in [5.41, 5.74) is 23.2. The SMILES string of the molecule is Cc1cc(-n2c3[c-]c(Oc4[c-]c(N5[CH-]N(c6c(-c7ccccc7)cccc6-c6ccccc6)c6cc7c(cc65)nc5n7CCCC5)cc(-c5c(C(C)C)cccc5C(C)C)c4)ccc3c3ccccc32)ncc1-c1ccc(-c2ccccc2)cc1.[Pt]. The van der Waals surface area contributed by atoms with E-state index in [0.717, 1.165) is 138 Å². The molecule has 86 heavy (non-hydrogen) atoms. The predicted molar refractivity (Wildman–Crippen MR) is 351 cm³/mol. The quantitative estimate of drug-likeness (QED) is 0.114. The molecule has 0 unspecified atom stereocenters. The number of rotatable bonds is 12. The minimum Gasteiger partial charge on any atom is -0.509 e. The first-order chi connectivity index (χ1) is 41.7. The molecule has 13 aromatic rings. The fourth-order valence-electron chi connectivity index (χ4n) is 13.2. The van der Waals surface area contributed by atoms with Crippen molar-refractivity contribution in [2.24, 2.45) is 0 Å². The fraction of sp³-hybridized carbons (Fsp3) is 0.141. The predicted octanol–water partition coefficient (Wildman–Crippen LogP) is 20.6. The van der Waals surface area contributed by atoms with Gasteiger partial charge in [-0.15, -0.1) is 53.6 Å². The van der Waals surface area contributed by atoms with E-state index in [1.165, 1.54) is 27.8 Å². The van der Waals surface area contributed by atoms with Gasteiger partial charge in [-0.2, -0.15) is 6.07 Å². The number of hydrogen-bond acceptors (Lipinski definition) is 5. The average molecular weight is 1300 g/mol. The zero-order valence-electron chi connectivity index (χ0n) is 48.8. The van der Waals surface area contributed by atoms with Crippen molar-refractivity contribution in [3.05, 3.63) is 266 Å². The van der Waals surface area contributed by atoms with Gasteiger partial charge in [0.2, 0.25) is 0 Å². The Hall–Kier alpha value is -9.29. The Morgan fingerprint density at radius 2 is 1.13 bits per heavy atom. The van der Waals surface area contributed by atoms with E-state index in [2.05, 4.69) is 285 Å². The molecular formula is C78H63N6OPt-3. The molecule has 10 aromatic carbocycles. The molecule has 3 aromatic heterocycles. The minimum absolute atomic E-state index is 0. The molecule has 8 heteroatoms. The summed E-state index contributed by atoms with van der Waals surface area (Å²) in [5, 5.41) is 2.18. The first-order valence-electron chi connectivity index (χ1n) is 29.9. The van der Waals surface area contributed by atoms with Gasteiger partial charge in [0, 0.05) is 91.0 Å². The summed E-state index contributed by atoms with van der Waals surface area (Å²) in [7, 11) is 0. The molecule has 0 N–H and O–H groups in total. The minimum atomic E-state index is 0. The van der Waals surface area contributed by atoms with E-state index in [1.54, 1.807) is 0 Å². The van der Waals surface area contributed by atoms with Crippen LogP contribution in [0.5, 0.6) is 11.5 Å². The molecule has 0 radical (unpaired) electrons. The molecule has 0 fully saturated rings. The molecule has 2 aliphatic rings.